The summed E-state index contributed by atoms with van der Waals surface area (Å²) < 4.78 is 5.21. The first-order valence-corrected chi connectivity index (χ1v) is 5.43. The summed E-state index contributed by atoms with van der Waals surface area (Å²) in [4.78, 5) is 0. The van der Waals surface area contributed by atoms with Gasteiger partial charge in [-0.05, 0) is 36.5 Å². The lowest BCUT2D eigenvalue weighted by Crippen LogP contribution is -1.96. The van der Waals surface area contributed by atoms with E-state index in [0.717, 1.165) is 12.2 Å². The molecule has 14 heavy (non-hydrogen) atoms. The van der Waals surface area contributed by atoms with E-state index in [4.69, 9.17) is 16.3 Å². The van der Waals surface area contributed by atoms with Gasteiger partial charge in [-0.15, -0.1) is 11.6 Å². The number of benzene rings is 1. The van der Waals surface area contributed by atoms with Gasteiger partial charge < -0.3 is 4.74 Å². The van der Waals surface area contributed by atoms with Gasteiger partial charge in [0.05, 0.1) is 7.11 Å². The molecule has 0 saturated heterocycles. The zero-order chi connectivity index (χ0) is 10.6. The maximum Gasteiger partial charge on any atom is 0.121 e. The Morgan fingerprint density at radius 3 is 2.64 bits per heavy atom. The van der Waals surface area contributed by atoms with E-state index in [-0.39, 0.29) is 0 Å². The fraction of sp³-hybridized carbons (Fsp3) is 0.500. The van der Waals surface area contributed by atoms with Crippen LogP contribution in [0, 0.1) is 6.92 Å². The first-order valence-electron chi connectivity index (χ1n) is 4.89. The molecule has 0 radical (unpaired) electrons. The Hall–Kier alpha value is -0.690. The van der Waals surface area contributed by atoms with Gasteiger partial charge in [-0.1, -0.05) is 19.1 Å². The third-order valence-corrected chi connectivity index (χ3v) is 2.75. The normalized spacial score (nSPS) is 12.6. The molecule has 0 spiro atoms. The van der Waals surface area contributed by atoms with Crippen molar-refractivity contribution in [2.24, 2.45) is 0 Å². The molecular weight excluding hydrogens is 196 g/mol. The SMILES string of the molecule is COc1ccc(C(C)CCCl)cc1C. The average molecular weight is 213 g/mol. The van der Waals surface area contributed by atoms with E-state index < -0.39 is 0 Å². The van der Waals surface area contributed by atoms with Crippen molar-refractivity contribution in [3.8, 4) is 5.75 Å². The molecule has 0 aromatic heterocycles. The fourth-order valence-electron chi connectivity index (χ4n) is 1.54. The summed E-state index contributed by atoms with van der Waals surface area (Å²) >= 11 is 5.72. The van der Waals surface area contributed by atoms with Gasteiger partial charge in [0.1, 0.15) is 5.75 Å². The number of methoxy groups -OCH3 is 1. The van der Waals surface area contributed by atoms with Crippen LogP contribution in [0.5, 0.6) is 5.75 Å². The average Bonchev–Trinajstić information content (AvgIpc) is 2.18. The molecule has 1 rings (SSSR count). The van der Waals surface area contributed by atoms with Crippen LogP contribution in [0.4, 0.5) is 0 Å². The monoisotopic (exact) mass is 212 g/mol. The van der Waals surface area contributed by atoms with E-state index in [2.05, 4.69) is 26.0 Å². The predicted octanol–water partition coefficient (Wildman–Crippen LogP) is 3.74. The lowest BCUT2D eigenvalue weighted by atomic mass is 9.97. The highest BCUT2D eigenvalue weighted by Crippen LogP contribution is 2.25. The third kappa shape index (κ3) is 2.65. The zero-order valence-corrected chi connectivity index (χ0v) is 9.77. The number of aryl methyl sites for hydroxylation is 1. The maximum atomic E-state index is 5.72. The Labute approximate surface area is 91.0 Å². The summed E-state index contributed by atoms with van der Waals surface area (Å²) in [5, 5.41) is 0. The van der Waals surface area contributed by atoms with Gasteiger partial charge in [0.15, 0.2) is 0 Å². The molecule has 0 bridgehead atoms. The molecule has 0 aliphatic rings. The van der Waals surface area contributed by atoms with E-state index in [0.29, 0.717) is 11.8 Å². The van der Waals surface area contributed by atoms with Crippen LogP contribution in [0.25, 0.3) is 0 Å². The lowest BCUT2D eigenvalue weighted by Gasteiger charge is -2.12. The van der Waals surface area contributed by atoms with Gasteiger partial charge in [0.2, 0.25) is 0 Å². The van der Waals surface area contributed by atoms with E-state index in [1.807, 2.05) is 6.07 Å². The molecule has 1 unspecified atom stereocenters. The molecule has 0 aliphatic heterocycles. The molecule has 2 heteroatoms. The third-order valence-electron chi connectivity index (χ3n) is 2.53. The van der Waals surface area contributed by atoms with Crippen LogP contribution in [0.1, 0.15) is 30.4 Å². The van der Waals surface area contributed by atoms with Gasteiger partial charge in [-0.25, -0.2) is 0 Å². The zero-order valence-electron chi connectivity index (χ0n) is 9.01. The molecule has 78 valence electrons. The van der Waals surface area contributed by atoms with Crippen molar-refractivity contribution in [3.63, 3.8) is 0 Å². The van der Waals surface area contributed by atoms with Crippen molar-refractivity contribution in [2.75, 3.05) is 13.0 Å². The smallest absolute Gasteiger partial charge is 0.121 e. The molecule has 1 aromatic rings. The van der Waals surface area contributed by atoms with E-state index in [9.17, 15) is 0 Å². The topological polar surface area (TPSA) is 9.23 Å². The van der Waals surface area contributed by atoms with Gasteiger partial charge in [-0.3, -0.25) is 0 Å². The molecular formula is C12H17ClO. The first kappa shape index (κ1) is 11.4. The maximum absolute atomic E-state index is 5.72. The Balaban J connectivity index is 2.85. The summed E-state index contributed by atoms with van der Waals surface area (Å²) in [5.41, 5.74) is 2.52. The number of alkyl halides is 1. The van der Waals surface area contributed by atoms with Crippen molar-refractivity contribution in [2.45, 2.75) is 26.2 Å². The van der Waals surface area contributed by atoms with Crippen LogP contribution in [0.2, 0.25) is 0 Å². The molecule has 0 N–H and O–H groups in total. The minimum atomic E-state index is 0.525. The highest BCUT2D eigenvalue weighted by molar-refractivity contribution is 6.17. The lowest BCUT2D eigenvalue weighted by molar-refractivity contribution is 0.411. The summed E-state index contributed by atoms with van der Waals surface area (Å²) in [5.74, 6) is 2.19. The molecule has 0 amide bonds. The number of hydrogen-bond donors (Lipinski definition) is 0. The molecule has 1 nitrogen and oxygen atoms in total. The summed E-state index contributed by atoms with van der Waals surface area (Å²) in [6.45, 7) is 4.26. The fourth-order valence-corrected chi connectivity index (χ4v) is 1.87. The van der Waals surface area contributed by atoms with Crippen molar-refractivity contribution < 1.29 is 4.74 Å². The molecule has 0 fully saturated rings. The first-order chi connectivity index (χ1) is 6.69. The van der Waals surface area contributed by atoms with E-state index in [1.165, 1.54) is 11.1 Å². The van der Waals surface area contributed by atoms with Crippen LogP contribution in [-0.4, -0.2) is 13.0 Å². The largest absolute Gasteiger partial charge is 0.496 e. The van der Waals surface area contributed by atoms with Crippen molar-refractivity contribution in [1.82, 2.24) is 0 Å². The minimum absolute atomic E-state index is 0.525. The molecule has 0 heterocycles. The Morgan fingerprint density at radius 1 is 1.43 bits per heavy atom. The van der Waals surface area contributed by atoms with Gasteiger partial charge >= 0.3 is 0 Å². The predicted molar refractivity (Wildman–Crippen MR) is 61.5 cm³/mol. The number of hydrogen-bond acceptors (Lipinski definition) is 1. The number of rotatable bonds is 4. The van der Waals surface area contributed by atoms with Gasteiger partial charge in [0, 0.05) is 5.88 Å². The van der Waals surface area contributed by atoms with Crippen LogP contribution in [-0.2, 0) is 0 Å². The highest BCUT2D eigenvalue weighted by atomic mass is 35.5. The van der Waals surface area contributed by atoms with E-state index >= 15 is 0 Å². The van der Waals surface area contributed by atoms with Crippen LogP contribution < -0.4 is 4.74 Å². The summed E-state index contributed by atoms with van der Waals surface area (Å²) in [7, 11) is 1.70. The van der Waals surface area contributed by atoms with Crippen LogP contribution in [0.15, 0.2) is 18.2 Å². The summed E-state index contributed by atoms with van der Waals surface area (Å²) in [6.07, 6.45) is 1.02. The Kier molecular flexibility index (Phi) is 4.27. The van der Waals surface area contributed by atoms with Crippen molar-refractivity contribution in [1.29, 1.82) is 0 Å². The van der Waals surface area contributed by atoms with Gasteiger partial charge in [0.25, 0.3) is 0 Å². The molecule has 1 aromatic carbocycles. The van der Waals surface area contributed by atoms with Crippen LogP contribution >= 0.6 is 11.6 Å². The number of ether oxygens (including phenoxy) is 1. The van der Waals surface area contributed by atoms with Crippen molar-refractivity contribution >= 4 is 11.6 Å². The summed E-state index contributed by atoms with van der Waals surface area (Å²) in [6, 6.07) is 6.31. The second-order valence-electron chi connectivity index (χ2n) is 3.61. The second-order valence-corrected chi connectivity index (χ2v) is 3.99. The molecule has 0 aliphatic carbocycles. The Morgan fingerprint density at radius 2 is 2.14 bits per heavy atom. The molecule has 0 saturated carbocycles. The van der Waals surface area contributed by atoms with Gasteiger partial charge in [-0.2, -0.15) is 0 Å². The van der Waals surface area contributed by atoms with Crippen LogP contribution in [0.3, 0.4) is 0 Å². The number of halogens is 1. The quantitative estimate of drug-likeness (QED) is 0.691. The standard InChI is InChI=1S/C12H17ClO/c1-9(6-7-13)11-4-5-12(14-3)10(2)8-11/h4-5,8-9H,6-7H2,1-3H3. The van der Waals surface area contributed by atoms with E-state index in [1.54, 1.807) is 7.11 Å². The second kappa shape index (κ2) is 5.26. The Bertz CT molecular complexity index is 296. The minimum Gasteiger partial charge on any atom is -0.496 e. The van der Waals surface area contributed by atoms with Crippen molar-refractivity contribution in [3.05, 3.63) is 29.3 Å². The highest BCUT2D eigenvalue weighted by Gasteiger charge is 2.06. The molecule has 1 atom stereocenters.